The summed E-state index contributed by atoms with van der Waals surface area (Å²) in [7, 11) is 0. The number of amides is 1. The highest BCUT2D eigenvalue weighted by atomic mass is 16.2. The highest BCUT2D eigenvalue weighted by Crippen LogP contribution is 2.25. The van der Waals surface area contributed by atoms with Crippen LogP contribution < -0.4 is 0 Å². The van der Waals surface area contributed by atoms with Crippen LogP contribution in [0.5, 0.6) is 0 Å². The van der Waals surface area contributed by atoms with Gasteiger partial charge in [-0.15, -0.1) is 0 Å². The number of rotatable bonds is 5. The van der Waals surface area contributed by atoms with E-state index in [-0.39, 0.29) is 11.9 Å². The zero-order chi connectivity index (χ0) is 17.6. The van der Waals surface area contributed by atoms with Crippen LogP contribution in [-0.2, 0) is 6.54 Å². The van der Waals surface area contributed by atoms with Crippen molar-refractivity contribution in [2.45, 2.75) is 26.4 Å². The molecule has 1 aromatic heterocycles. The van der Waals surface area contributed by atoms with Crippen molar-refractivity contribution in [3.05, 3.63) is 101 Å². The van der Waals surface area contributed by atoms with Gasteiger partial charge in [-0.25, -0.2) is 0 Å². The fourth-order valence-electron chi connectivity index (χ4n) is 2.90. The lowest BCUT2D eigenvalue weighted by atomic mass is 10.0. The minimum absolute atomic E-state index is 0.0460. The lowest BCUT2D eigenvalue weighted by molar-refractivity contribution is 0.0667. The Balaban J connectivity index is 1.96. The number of nitrogens with zero attached hydrogens (tertiary/aromatic N) is 2. The first-order valence-electron chi connectivity index (χ1n) is 8.48. The summed E-state index contributed by atoms with van der Waals surface area (Å²) in [4.78, 5) is 19.3. The number of carbonyl (C=O) groups is 1. The molecule has 25 heavy (non-hydrogen) atoms. The number of aryl methyl sites for hydroxylation is 1. The summed E-state index contributed by atoms with van der Waals surface area (Å²) < 4.78 is 0. The summed E-state index contributed by atoms with van der Waals surface area (Å²) in [6.45, 7) is 4.69. The molecule has 0 aliphatic heterocycles. The molecule has 0 radical (unpaired) electrons. The van der Waals surface area contributed by atoms with Gasteiger partial charge in [-0.2, -0.15) is 0 Å². The maximum absolute atomic E-state index is 13.1. The standard InChI is InChI=1S/C22H22N2O/c1-17-10-6-7-13-20(17)16-24(18(2)19-11-4-3-5-12-19)22(25)21-14-8-9-15-23-21/h3-15,18H,16H2,1-2H3/t18-/m0/s1. The fraction of sp³-hybridized carbons (Fsp3) is 0.182. The SMILES string of the molecule is Cc1ccccc1CN(C(=O)c1ccccn1)[C@@H](C)c1ccccc1. The molecule has 1 amide bonds. The lowest BCUT2D eigenvalue weighted by Crippen LogP contribution is -2.34. The minimum atomic E-state index is -0.0554. The average molecular weight is 330 g/mol. The topological polar surface area (TPSA) is 33.2 Å². The van der Waals surface area contributed by atoms with Crippen molar-refractivity contribution in [2.24, 2.45) is 0 Å². The van der Waals surface area contributed by atoms with Crippen molar-refractivity contribution in [1.82, 2.24) is 9.88 Å². The van der Waals surface area contributed by atoms with Gasteiger partial charge in [0.25, 0.3) is 5.91 Å². The van der Waals surface area contributed by atoms with E-state index in [0.717, 1.165) is 11.1 Å². The molecule has 2 aromatic carbocycles. The Morgan fingerprint density at radius 1 is 0.960 bits per heavy atom. The van der Waals surface area contributed by atoms with Gasteiger partial charge in [0.15, 0.2) is 0 Å². The quantitative estimate of drug-likeness (QED) is 0.673. The molecule has 0 fully saturated rings. The summed E-state index contributed by atoms with van der Waals surface area (Å²) in [5.74, 6) is -0.0554. The van der Waals surface area contributed by atoms with Gasteiger partial charge in [-0.3, -0.25) is 9.78 Å². The number of aromatic nitrogens is 1. The van der Waals surface area contributed by atoms with Gasteiger partial charge < -0.3 is 4.90 Å². The normalized spacial score (nSPS) is 11.8. The largest absolute Gasteiger partial charge is 0.326 e. The van der Waals surface area contributed by atoms with Gasteiger partial charge in [0.2, 0.25) is 0 Å². The van der Waals surface area contributed by atoms with E-state index in [1.807, 2.05) is 47.4 Å². The maximum atomic E-state index is 13.1. The summed E-state index contributed by atoms with van der Waals surface area (Å²) >= 11 is 0. The Hall–Kier alpha value is -2.94. The molecule has 3 rings (SSSR count). The molecule has 1 heterocycles. The third-order valence-corrected chi connectivity index (χ3v) is 4.50. The molecule has 3 heteroatoms. The number of benzene rings is 2. The van der Waals surface area contributed by atoms with Crippen LogP contribution >= 0.6 is 0 Å². The molecule has 3 aromatic rings. The van der Waals surface area contributed by atoms with Crippen LogP contribution in [0.1, 0.15) is 40.1 Å². The number of carbonyl (C=O) groups excluding carboxylic acids is 1. The molecule has 0 bridgehead atoms. The second-order valence-corrected chi connectivity index (χ2v) is 6.16. The molecule has 0 aliphatic rings. The van der Waals surface area contributed by atoms with Gasteiger partial charge in [0, 0.05) is 12.7 Å². The summed E-state index contributed by atoms with van der Waals surface area (Å²) in [5.41, 5.74) is 3.91. The predicted molar refractivity (Wildman–Crippen MR) is 100 cm³/mol. The van der Waals surface area contributed by atoms with Gasteiger partial charge >= 0.3 is 0 Å². The Labute approximate surface area is 149 Å². The Bertz CT molecular complexity index is 831. The highest BCUT2D eigenvalue weighted by Gasteiger charge is 2.24. The smallest absolute Gasteiger partial charge is 0.273 e. The van der Waals surface area contributed by atoms with Crippen molar-refractivity contribution in [1.29, 1.82) is 0 Å². The van der Waals surface area contributed by atoms with Crippen molar-refractivity contribution < 1.29 is 4.79 Å². The maximum Gasteiger partial charge on any atom is 0.273 e. The van der Waals surface area contributed by atoms with E-state index in [2.05, 4.69) is 43.1 Å². The molecule has 1 atom stereocenters. The minimum Gasteiger partial charge on any atom is -0.326 e. The third-order valence-electron chi connectivity index (χ3n) is 4.50. The van der Waals surface area contributed by atoms with Crippen LogP contribution in [0.4, 0.5) is 0 Å². The van der Waals surface area contributed by atoms with Crippen molar-refractivity contribution in [3.63, 3.8) is 0 Å². The van der Waals surface area contributed by atoms with Crippen LogP contribution in [-0.4, -0.2) is 15.8 Å². The summed E-state index contributed by atoms with van der Waals surface area (Å²) in [6.07, 6.45) is 1.66. The van der Waals surface area contributed by atoms with Crippen LogP contribution in [0, 0.1) is 6.92 Å². The van der Waals surface area contributed by atoms with E-state index < -0.39 is 0 Å². The zero-order valence-corrected chi connectivity index (χ0v) is 14.6. The highest BCUT2D eigenvalue weighted by molar-refractivity contribution is 5.92. The molecule has 126 valence electrons. The van der Waals surface area contributed by atoms with E-state index in [9.17, 15) is 4.79 Å². The average Bonchev–Trinajstić information content (AvgIpc) is 2.68. The molecule has 0 N–H and O–H groups in total. The first-order chi connectivity index (χ1) is 12.2. The third kappa shape index (κ3) is 3.94. The molecule has 3 nitrogen and oxygen atoms in total. The van der Waals surface area contributed by atoms with Gasteiger partial charge in [-0.05, 0) is 42.7 Å². The van der Waals surface area contributed by atoms with Crippen LogP contribution in [0.15, 0.2) is 79.0 Å². The molecule has 0 aliphatic carbocycles. The second-order valence-electron chi connectivity index (χ2n) is 6.16. The number of pyridine rings is 1. The van der Waals surface area contributed by atoms with E-state index in [1.54, 1.807) is 12.3 Å². The molecule has 0 saturated carbocycles. The van der Waals surface area contributed by atoms with Crippen molar-refractivity contribution >= 4 is 5.91 Å². The lowest BCUT2D eigenvalue weighted by Gasteiger charge is -2.30. The monoisotopic (exact) mass is 330 g/mol. The number of hydrogen-bond acceptors (Lipinski definition) is 2. The van der Waals surface area contributed by atoms with E-state index in [1.165, 1.54) is 5.56 Å². The summed E-state index contributed by atoms with van der Waals surface area (Å²) in [6, 6.07) is 23.7. The van der Waals surface area contributed by atoms with Gasteiger partial charge in [0.05, 0.1) is 6.04 Å². The van der Waals surface area contributed by atoms with Crippen molar-refractivity contribution in [2.75, 3.05) is 0 Å². The first kappa shape index (κ1) is 16.9. The molecular weight excluding hydrogens is 308 g/mol. The molecule has 0 spiro atoms. The molecule has 0 unspecified atom stereocenters. The first-order valence-corrected chi connectivity index (χ1v) is 8.48. The van der Waals surface area contributed by atoms with Crippen molar-refractivity contribution in [3.8, 4) is 0 Å². The fourth-order valence-corrected chi connectivity index (χ4v) is 2.90. The Kier molecular flexibility index (Phi) is 5.24. The Morgan fingerprint density at radius 3 is 2.32 bits per heavy atom. The summed E-state index contributed by atoms with van der Waals surface area (Å²) in [5, 5.41) is 0. The predicted octanol–water partition coefficient (Wildman–Crippen LogP) is 4.79. The molecular formula is C22H22N2O. The number of hydrogen-bond donors (Lipinski definition) is 0. The van der Waals surface area contributed by atoms with Gasteiger partial charge in [-0.1, -0.05) is 60.7 Å². The van der Waals surface area contributed by atoms with E-state index >= 15 is 0 Å². The second kappa shape index (κ2) is 7.75. The zero-order valence-electron chi connectivity index (χ0n) is 14.6. The Morgan fingerprint density at radius 2 is 1.64 bits per heavy atom. The van der Waals surface area contributed by atoms with E-state index in [0.29, 0.717) is 12.2 Å². The molecule has 0 saturated heterocycles. The van der Waals surface area contributed by atoms with Crippen LogP contribution in [0.2, 0.25) is 0 Å². The van der Waals surface area contributed by atoms with Crippen LogP contribution in [0.25, 0.3) is 0 Å². The van der Waals surface area contributed by atoms with Gasteiger partial charge in [0.1, 0.15) is 5.69 Å². The van der Waals surface area contributed by atoms with E-state index in [4.69, 9.17) is 0 Å². The van der Waals surface area contributed by atoms with Crippen LogP contribution in [0.3, 0.4) is 0 Å².